The minimum atomic E-state index is 0.302. The van der Waals surface area contributed by atoms with Gasteiger partial charge in [0, 0.05) is 24.4 Å². The van der Waals surface area contributed by atoms with E-state index in [0.717, 1.165) is 18.9 Å². The Morgan fingerprint density at radius 2 is 2.00 bits per heavy atom. The number of nitrogens with one attached hydrogen (secondary N) is 2. The molecule has 1 aliphatic rings. The van der Waals surface area contributed by atoms with Crippen molar-refractivity contribution in [3.05, 3.63) is 53.6 Å². The summed E-state index contributed by atoms with van der Waals surface area (Å²) in [6.45, 7) is 4.11. The lowest BCUT2D eigenvalue weighted by molar-refractivity contribution is 0.278. The van der Waals surface area contributed by atoms with Crippen molar-refractivity contribution in [2.45, 2.75) is 51.0 Å². The average molecular weight is 283 g/mol. The van der Waals surface area contributed by atoms with Gasteiger partial charge in [-0.05, 0) is 30.9 Å². The van der Waals surface area contributed by atoms with Crippen molar-refractivity contribution < 1.29 is 0 Å². The van der Waals surface area contributed by atoms with Crippen LogP contribution in [0.4, 0.5) is 0 Å². The molecule has 1 aliphatic carbocycles. The van der Waals surface area contributed by atoms with Crippen molar-refractivity contribution in [2.24, 2.45) is 0 Å². The van der Waals surface area contributed by atoms with Crippen LogP contribution >= 0.6 is 0 Å². The Balaban J connectivity index is 1.75. The summed E-state index contributed by atoms with van der Waals surface area (Å²) in [5.74, 6) is 1.02. The van der Waals surface area contributed by atoms with Gasteiger partial charge in [0.15, 0.2) is 0 Å². The van der Waals surface area contributed by atoms with Crippen molar-refractivity contribution in [3.63, 3.8) is 0 Å². The number of nitrogens with zero attached hydrogens (tertiary/aromatic N) is 1. The fourth-order valence-corrected chi connectivity index (χ4v) is 3.75. The van der Waals surface area contributed by atoms with Crippen LogP contribution in [0.15, 0.2) is 36.7 Å². The molecule has 0 radical (unpaired) electrons. The first-order valence-electron chi connectivity index (χ1n) is 8.05. The SMILES string of the molecule is Cc1ccccc1C1(CNCc2ncc[nH]2)CCCCC1. The molecule has 112 valence electrons. The number of hydrogen-bond acceptors (Lipinski definition) is 2. The molecule has 21 heavy (non-hydrogen) atoms. The largest absolute Gasteiger partial charge is 0.348 e. The molecule has 2 N–H and O–H groups in total. The number of aromatic nitrogens is 2. The lowest BCUT2D eigenvalue weighted by atomic mass is 9.68. The number of aryl methyl sites for hydroxylation is 1. The molecule has 1 saturated carbocycles. The van der Waals surface area contributed by atoms with Crippen molar-refractivity contribution >= 4 is 0 Å². The van der Waals surface area contributed by atoms with Gasteiger partial charge in [-0.2, -0.15) is 0 Å². The van der Waals surface area contributed by atoms with Crippen LogP contribution in [-0.4, -0.2) is 16.5 Å². The minimum Gasteiger partial charge on any atom is -0.348 e. The highest BCUT2D eigenvalue weighted by Crippen LogP contribution is 2.40. The highest BCUT2D eigenvalue weighted by molar-refractivity contribution is 5.34. The van der Waals surface area contributed by atoms with Gasteiger partial charge in [-0.25, -0.2) is 4.98 Å². The molecule has 0 bridgehead atoms. The smallest absolute Gasteiger partial charge is 0.120 e. The molecule has 2 aromatic rings. The van der Waals surface area contributed by atoms with Gasteiger partial charge in [-0.1, -0.05) is 43.5 Å². The van der Waals surface area contributed by atoms with E-state index in [1.54, 1.807) is 0 Å². The average Bonchev–Trinajstić information content (AvgIpc) is 3.02. The van der Waals surface area contributed by atoms with Crippen molar-refractivity contribution in [1.29, 1.82) is 0 Å². The number of benzene rings is 1. The van der Waals surface area contributed by atoms with E-state index in [1.165, 1.54) is 43.2 Å². The molecule has 0 atom stereocenters. The van der Waals surface area contributed by atoms with Gasteiger partial charge in [0.1, 0.15) is 5.82 Å². The van der Waals surface area contributed by atoms with Crippen LogP contribution in [0.2, 0.25) is 0 Å². The zero-order valence-corrected chi connectivity index (χ0v) is 12.9. The van der Waals surface area contributed by atoms with E-state index in [1.807, 2.05) is 12.4 Å². The summed E-state index contributed by atoms with van der Waals surface area (Å²) in [6.07, 6.45) is 10.4. The van der Waals surface area contributed by atoms with Crippen molar-refractivity contribution in [2.75, 3.05) is 6.54 Å². The summed E-state index contributed by atoms with van der Waals surface area (Å²) in [7, 11) is 0. The summed E-state index contributed by atoms with van der Waals surface area (Å²) in [5, 5.41) is 3.63. The monoisotopic (exact) mass is 283 g/mol. The van der Waals surface area contributed by atoms with Crippen LogP contribution in [0.1, 0.15) is 49.1 Å². The Kier molecular flexibility index (Phi) is 4.39. The Morgan fingerprint density at radius 3 is 2.71 bits per heavy atom. The van der Waals surface area contributed by atoms with E-state index in [-0.39, 0.29) is 0 Å². The number of H-pyrrole nitrogens is 1. The molecule has 0 spiro atoms. The van der Waals surface area contributed by atoms with Crippen LogP contribution in [0.5, 0.6) is 0 Å². The lowest BCUT2D eigenvalue weighted by Gasteiger charge is -2.39. The summed E-state index contributed by atoms with van der Waals surface area (Å²) in [6, 6.07) is 8.91. The number of rotatable bonds is 5. The van der Waals surface area contributed by atoms with Crippen LogP contribution in [0, 0.1) is 6.92 Å². The van der Waals surface area contributed by atoms with Crippen molar-refractivity contribution in [3.8, 4) is 0 Å². The molecule has 1 fully saturated rings. The summed E-state index contributed by atoms with van der Waals surface area (Å²) >= 11 is 0. The van der Waals surface area contributed by atoms with E-state index in [0.29, 0.717) is 5.41 Å². The Bertz CT molecular complexity index is 554. The van der Waals surface area contributed by atoms with Gasteiger partial charge in [-0.15, -0.1) is 0 Å². The standard InChI is InChI=1S/C18H25N3/c1-15-7-3-4-8-16(15)18(9-5-2-6-10-18)14-19-13-17-20-11-12-21-17/h3-4,7-8,11-12,19H,2,5-6,9-10,13-14H2,1H3,(H,20,21). The van der Waals surface area contributed by atoms with Gasteiger partial charge >= 0.3 is 0 Å². The van der Waals surface area contributed by atoms with Gasteiger partial charge in [0.25, 0.3) is 0 Å². The maximum atomic E-state index is 4.29. The molecule has 1 aromatic heterocycles. The Morgan fingerprint density at radius 1 is 1.19 bits per heavy atom. The second kappa shape index (κ2) is 6.44. The van der Waals surface area contributed by atoms with Gasteiger partial charge < -0.3 is 10.3 Å². The number of aromatic amines is 1. The number of imidazole rings is 1. The second-order valence-electron chi connectivity index (χ2n) is 6.30. The maximum Gasteiger partial charge on any atom is 0.120 e. The molecule has 3 heteroatoms. The first-order chi connectivity index (χ1) is 10.3. The molecule has 0 amide bonds. The Labute approximate surface area is 127 Å². The molecule has 1 heterocycles. The zero-order chi connectivity index (χ0) is 14.5. The molecular weight excluding hydrogens is 258 g/mol. The highest BCUT2D eigenvalue weighted by atomic mass is 15.0. The van der Waals surface area contributed by atoms with Crippen molar-refractivity contribution in [1.82, 2.24) is 15.3 Å². The molecule has 1 aromatic carbocycles. The molecule has 3 rings (SSSR count). The first-order valence-corrected chi connectivity index (χ1v) is 8.05. The van der Waals surface area contributed by atoms with E-state index >= 15 is 0 Å². The molecule has 0 saturated heterocycles. The van der Waals surface area contributed by atoms with Crippen LogP contribution in [-0.2, 0) is 12.0 Å². The fraction of sp³-hybridized carbons (Fsp3) is 0.500. The molecule has 0 unspecified atom stereocenters. The normalized spacial score (nSPS) is 17.8. The third kappa shape index (κ3) is 3.18. The summed E-state index contributed by atoms with van der Waals surface area (Å²) in [5.41, 5.74) is 3.27. The fourth-order valence-electron chi connectivity index (χ4n) is 3.75. The quantitative estimate of drug-likeness (QED) is 0.878. The van der Waals surface area contributed by atoms with Crippen LogP contribution in [0.3, 0.4) is 0 Å². The molecular formula is C18H25N3. The molecule has 0 aliphatic heterocycles. The van der Waals surface area contributed by atoms with E-state index in [2.05, 4.69) is 46.5 Å². The van der Waals surface area contributed by atoms with E-state index < -0.39 is 0 Å². The minimum absolute atomic E-state index is 0.302. The Hall–Kier alpha value is -1.61. The van der Waals surface area contributed by atoms with Gasteiger partial charge in [0.05, 0.1) is 6.54 Å². The summed E-state index contributed by atoms with van der Waals surface area (Å²) < 4.78 is 0. The van der Waals surface area contributed by atoms with Crippen LogP contribution < -0.4 is 5.32 Å². The van der Waals surface area contributed by atoms with Crippen LogP contribution in [0.25, 0.3) is 0 Å². The predicted molar refractivity (Wildman–Crippen MR) is 86.2 cm³/mol. The second-order valence-corrected chi connectivity index (χ2v) is 6.30. The predicted octanol–water partition coefficient (Wildman–Crippen LogP) is 3.71. The first kappa shape index (κ1) is 14.3. The van der Waals surface area contributed by atoms with Gasteiger partial charge in [0.2, 0.25) is 0 Å². The van der Waals surface area contributed by atoms with E-state index in [9.17, 15) is 0 Å². The number of hydrogen-bond donors (Lipinski definition) is 2. The third-order valence-corrected chi connectivity index (χ3v) is 4.84. The van der Waals surface area contributed by atoms with E-state index in [4.69, 9.17) is 0 Å². The maximum absolute atomic E-state index is 4.29. The molecule has 3 nitrogen and oxygen atoms in total. The third-order valence-electron chi connectivity index (χ3n) is 4.84. The zero-order valence-electron chi connectivity index (χ0n) is 12.9. The lowest BCUT2D eigenvalue weighted by Crippen LogP contribution is -2.40. The topological polar surface area (TPSA) is 40.7 Å². The van der Waals surface area contributed by atoms with Gasteiger partial charge in [-0.3, -0.25) is 0 Å². The summed E-state index contributed by atoms with van der Waals surface area (Å²) in [4.78, 5) is 7.46. The highest BCUT2D eigenvalue weighted by Gasteiger charge is 2.34.